The van der Waals surface area contributed by atoms with Crippen molar-refractivity contribution >= 4 is 10.0 Å². The highest BCUT2D eigenvalue weighted by molar-refractivity contribution is 7.89. The second kappa shape index (κ2) is 7.21. The third-order valence-corrected chi connectivity index (χ3v) is 4.64. The molecule has 1 heterocycles. The number of ether oxygens (including phenoxy) is 1. The second-order valence-electron chi connectivity index (χ2n) is 4.93. The number of hydrogen-bond donors (Lipinski definition) is 2. The van der Waals surface area contributed by atoms with Gasteiger partial charge in [0.05, 0.1) is 19.3 Å². The summed E-state index contributed by atoms with van der Waals surface area (Å²) in [6.45, 7) is 1.16. The molecule has 0 aromatic carbocycles. The first-order valence-corrected chi connectivity index (χ1v) is 8.45. The Morgan fingerprint density at radius 3 is 2.80 bits per heavy atom. The highest BCUT2D eigenvalue weighted by Gasteiger charge is 2.19. The van der Waals surface area contributed by atoms with Gasteiger partial charge in [0.15, 0.2) is 0 Å². The van der Waals surface area contributed by atoms with Crippen molar-refractivity contribution in [2.45, 2.75) is 43.4 Å². The van der Waals surface area contributed by atoms with Gasteiger partial charge in [-0.1, -0.05) is 12.8 Å². The van der Waals surface area contributed by atoms with E-state index in [0.29, 0.717) is 25.0 Å². The number of nitrogens with one attached hydrogen (secondary N) is 2. The van der Waals surface area contributed by atoms with Crippen molar-refractivity contribution in [1.82, 2.24) is 10.0 Å². The average molecular weight is 302 g/mol. The van der Waals surface area contributed by atoms with E-state index >= 15 is 0 Å². The van der Waals surface area contributed by atoms with E-state index in [-0.39, 0.29) is 11.6 Å². The molecule has 1 aliphatic carbocycles. The number of furan rings is 1. The van der Waals surface area contributed by atoms with Gasteiger partial charge in [0.25, 0.3) is 10.0 Å². The third-order valence-electron chi connectivity index (χ3n) is 3.30. The molecule has 1 fully saturated rings. The molecule has 0 amide bonds. The van der Waals surface area contributed by atoms with E-state index in [4.69, 9.17) is 9.15 Å². The SMILES string of the molecule is CNCc1ccc(S(=O)(=O)NCCOC2CCCC2)o1. The molecule has 0 unspecified atom stereocenters. The normalized spacial score (nSPS) is 16.9. The highest BCUT2D eigenvalue weighted by Crippen LogP contribution is 2.20. The lowest BCUT2D eigenvalue weighted by molar-refractivity contribution is 0.0626. The first-order valence-electron chi connectivity index (χ1n) is 6.96. The van der Waals surface area contributed by atoms with Gasteiger partial charge in [-0.2, -0.15) is 0 Å². The Hall–Kier alpha value is -0.890. The first kappa shape index (κ1) is 15.5. The Morgan fingerprint density at radius 2 is 2.10 bits per heavy atom. The summed E-state index contributed by atoms with van der Waals surface area (Å²) in [6, 6.07) is 3.12. The van der Waals surface area contributed by atoms with E-state index in [1.54, 1.807) is 13.1 Å². The van der Waals surface area contributed by atoms with Gasteiger partial charge in [-0.25, -0.2) is 13.1 Å². The van der Waals surface area contributed by atoms with Crippen molar-refractivity contribution in [2.75, 3.05) is 20.2 Å². The molecule has 0 spiro atoms. The lowest BCUT2D eigenvalue weighted by atomic mass is 10.3. The van der Waals surface area contributed by atoms with Crippen molar-refractivity contribution in [1.29, 1.82) is 0 Å². The second-order valence-corrected chi connectivity index (χ2v) is 6.62. The van der Waals surface area contributed by atoms with Crippen LogP contribution in [0.2, 0.25) is 0 Å². The first-order chi connectivity index (χ1) is 9.62. The van der Waals surface area contributed by atoms with Gasteiger partial charge >= 0.3 is 0 Å². The van der Waals surface area contributed by atoms with E-state index in [9.17, 15) is 8.42 Å². The minimum Gasteiger partial charge on any atom is -0.447 e. The van der Waals surface area contributed by atoms with Crippen LogP contribution in [0.1, 0.15) is 31.4 Å². The molecule has 2 N–H and O–H groups in total. The largest absolute Gasteiger partial charge is 0.447 e. The Labute approximate surface area is 119 Å². The van der Waals surface area contributed by atoms with E-state index in [2.05, 4.69) is 10.0 Å². The molecule has 114 valence electrons. The van der Waals surface area contributed by atoms with E-state index in [1.165, 1.54) is 18.9 Å². The fraction of sp³-hybridized carbons (Fsp3) is 0.692. The van der Waals surface area contributed by atoms with Crippen LogP contribution in [0, 0.1) is 0 Å². The maximum absolute atomic E-state index is 12.0. The van der Waals surface area contributed by atoms with Crippen LogP contribution in [0.15, 0.2) is 21.6 Å². The summed E-state index contributed by atoms with van der Waals surface area (Å²) in [6.07, 6.45) is 4.87. The molecule has 0 saturated heterocycles. The quantitative estimate of drug-likeness (QED) is 0.706. The van der Waals surface area contributed by atoms with Crippen LogP contribution in [0.4, 0.5) is 0 Å². The van der Waals surface area contributed by atoms with Crippen LogP contribution >= 0.6 is 0 Å². The Bertz CT molecular complexity index is 506. The molecule has 0 radical (unpaired) electrons. The van der Waals surface area contributed by atoms with Gasteiger partial charge in [-0.05, 0) is 32.0 Å². The van der Waals surface area contributed by atoms with Gasteiger partial charge in [0, 0.05) is 6.54 Å². The zero-order chi connectivity index (χ0) is 14.4. The van der Waals surface area contributed by atoms with Gasteiger partial charge in [-0.15, -0.1) is 0 Å². The van der Waals surface area contributed by atoms with Crippen molar-refractivity contribution in [3.8, 4) is 0 Å². The molecule has 20 heavy (non-hydrogen) atoms. The third kappa shape index (κ3) is 4.31. The van der Waals surface area contributed by atoms with Crippen molar-refractivity contribution in [2.24, 2.45) is 0 Å². The molecule has 7 heteroatoms. The minimum atomic E-state index is -3.58. The summed E-state index contributed by atoms with van der Waals surface area (Å²) in [5, 5.41) is 2.85. The average Bonchev–Trinajstić information content (AvgIpc) is 3.06. The summed E-state index contributed by atoms with van der Waals surface area (Å²) < 4.78 is 37.3. The van der Waals surface area contributed by atoms with Gasteiger partial charge in [0.2, 0.25) is 5.09 Å². The summed E-state index contributed by atoms with van der Waals surface area (Å²) >= 11 is 0. The van der Waals surface area contributed by atoms with Crippen LogP contribution in [0.5, 0.6) is 0 Å². The number of hydrogen-bond acceptors (Lipinski definition) is 5. The Kier molecular flexibility index (Phi) is 5.59. The van der Waals surface area contributed by atoms with Crippen molar-refractivity contribution in [3.05, 3.63) is 17.9 Å². The molecule has 0 atom stereocenters. The molecule has 0 bridgehead atoms. The van der Waals surface area contributed by atoms with Gasteiger partial charge in [-0.3, -0.25) is 0 Å². The lowest BCUT2D eigenvalue weighted by Gasteiger charge is -2.11. The molecule has 1 aliphatic rings. The van der Waals surface area contributed by atoms with Gasteiger partial charge in [0.1, 0.15) is 5.76 Å². The van der Waals surface area contributed by atoms with Gasteiger partial charge < -0.3 is 14.5 Å². The molecule has 2 rings (SSSR count). The summed E-state index contributed by atoms with van der Waals surface area (Å²) in [5.41, 5.74) is 0. The highest BCUT2D eigenvalue weighted by atomic mass is 32.2. The summed E-state index contributed by atoms with van der Waals surface area (Å²) in [7, 11) is -1.80. The zero-order valence-corrected chi connectivity index (χ0v) is 12.5. The summed E-state index contributed by atoms with van der Waals surface area (Å²) in [5.74, 6) is 0.593. The van der Waals surface area contributed by atoms with Crippen LogP contribution in [-0.4, -0.2) is 34.7 Å². The molecule has 1 aromatic heterocycles. The monoisotopic (exact) mass is 302 g/mol. The maximum Gasteiger partial charge on any atom is 0.274 e. The molecular formula is C13H22N2O4S. The maximum atomic E-state index is 12.0. The number of rotatable bonds is 8. The fourth-order valence-electron chi connectivity index (χ4n) is 2.30. The fourth-order valence-corrected chi connectivity index (χ4v) is 3.26. The topological polar surface area (TPSA) is 80.6 Å². The molecule has 6 nitrogen and oxygen atoms in total. The van der Waals surface area contributed by atoms with Crippen LogP contribution in [0.3, 0.4) is 0 Å². The molecule has 1 aromatic rings. The van der Waals surface area contributed by atoms with Crippen LogP contribution in [-0.2, 0) is 21.3 Å². The minimum absolute atomic E-state index is 0.0522. The van der Waals surface area contributed by atoms with Crippen molar-refractivity contribution < 1.29 is 17.6 Å². The Morgan fingerprint density at radius 1 is 1.35 bits per heavy atom. The molecule has 1 saturated carbocycles. The summed E-state index contributed by atoms with van der Waals surface area (Å²) in [4.78, 5) is 0. The smallest absolute Gasteiger partial charge is 0.274 e. The molecular weight excluding hydrogens is 280 g/mol. The predicted molar refractivity (Wildman–Crippen MR) is 74.9 cm³/mol. The van der Waals surface area contributed by atoms with E-state index in [1.807, 2.05) is 0 Å². The zero-order valence-electron chi connectivity index (χ0n) is 11.7. The Balaban J connectivity index is 1.77. The predicted octanol–water partition coefficient (Wildman–Crippen LogP) is 1.24. The standard InChI is InChI=1S/C13H22N2O4S/c1-14-10-12-6-7-13(19-12)20(16,17)15-8-9-18-11-4-2-3-5-11/h6-7,11,14-15H,2-5,8-10H2,1H3. The van der Waals surface area contributed by atoms with E-state index in [0.717, 1.165) is 12.8 Å². The van der Waals surface area contributed by atoms with Crippen LogP contribution < -0.4 is 10.0 Å². The van der Waals surface area contributed by atoms with Crippen LogP contribution in [0.25, 0.3) is 0 Å². The van der Waals surface area contributed by atoms with E-state index < -0.39 is 10.0 Å². The van der Waals surface area contributed by atoms with Crippen molar-refractivity contribution in [3.63, 3.8) is 0 Å². The lowest BCUT2D eigenvalue weighted by Crippen LogP contribution is -2.28. The number of sulfonamides is 1. The molecule has 0 aliphatic heterocycles.